The van der Waals surface area contributed by atoms with Gasteiger partial charge in [0.05, 0.1) is 18.0 Å². The zero-order chi connectivity index (χ0) is 23.2. The van der Waals surface area contributed by atoms with E-state index in [1.54, 1.807) is 42.5 Å². The molecule has 1 heterocycles. The Morgan fingerprint density at radius 2 is 1.70 bits per heavy atom. The number of nitrogens with zero attached hydrogens (tertiary/aromatic N) is 2. The number of carbonyl (C=O) groups is 3. The van der Waals surface area contributed by atoms with Crippen LogP contribution in [-0.2, 0) is 9.59 Å². The van der Waals surface area contributed by atoms with E-state index in [1.165, 1.54) is 16.2 Å². The van der Waals surface area contributed by atoms with Crippen LogP contribution < -0.4 is 25.2 Å². The number of fused-ring (bicyclic) bond motifs is 1. The molecular formula is C25H30N4O4. The first-order valence-corrected chi connectivity index (χ1v) is 11.6. The smallest absolute Gasteiger partial charge is 0.326 e. The number of rotatable bonds is 6. The quantitative estimate of drug-likeness (QED) is 0.698. The number of carbonyl (C=O) groups excluding carboxylic acids is 3. The zero-order valence-electron chi connectivity index (χ0n) is 18.9. The van der Waals surface area contributed by atoms with Crippen LogP contribution in [-0.4, -0.2) is 43.6 Å². The molecule has 1 aliphatic carbocycles. The number of hydrogen-bond acceptors (Lipinski definition) is 4. The van der Waals surface area contributed by atoms with Crippen LogP contribution in [0.15, 0.2) is 48.5 Å². The van der Waals surface area contributed by atoms with Crippen LogP contribution in [0.4, 0.5) is 21.9 Å². The molecule has 0 spiro atoms. The van der Waals surface area contributed by atoms with Gasteiger partial charge in [0.25, 0.3) is 0 Å². The standard InChI is InChI=1S/C25H30N4O4/c1-2-33-20-14-12-19(13-15-20)27-25(32)29-17-24(31)28(21-10-6-7-11-22(21)29)16-23(30)26-18-8-4-3-5-9-18/h6-7,10-15,18H,2-5,8-9,16-17H2,1H3,(H,26,30)(H,27,32). The third-order valence-electron chi connectivity index (χ3n) is 5.99. The zero-order valence-corrected chi connectivity index (χ0v) is 18.9. The molecule has 4 amide bonds. The molecule has 1 saturated carbocycles. The minimum absolute atomic E-state index is 0.0549. The number of para-hydroxylation sites is 2. The third-order valence-corrected chi connectivity index (χ3v) is 5.99. The van der Waals surface area contributed by atoms with E-state index >= 15 is 0 Å². The molecule has 2 aliphatic rings. The average Bonchev–Trinajstić information content (AvgIpc) is 2.82. The molecule has 0 unspecified atom stereocenters. The molecule has 4 rings (SSSR count). The highest BCUT2D eigenvalue weighted by molar-refractivity contribution is 6.15. The SMILES string of the molecule is CCOc1ccc(NC(=O)N2CC(=O)N(CC(=O)NC3CCCCC3)c3ccccc32)cc1. The predicted octanol–water partition coefficient (Wildman–Crippen LogP) is 3.92. The topological polar surface area (TPSA) is 91.0 Å². The number of nitrogens with one attached hydrogen (secondary N) is 2. The van der Waals surface area contributed by atoms with Gasteiger partial charge < -0.3 is 15.4 Å². The van der Waals surface area contributed by atoms with Crippen molar-refractivity contribution < 1.29 is 19.1 Å². The molecule has 0 saturated heterocycles. The Morgan fingerprint density at radius 3 is 2.39 bits per heavy atom. The fourth-order valence-electron chi connectivity index (χ4n) is 4.37. The molecule has 8 heteroatoms. The first-order valence-electron chi connectivity index (χ1n) is 11.6. The minimum atomic E-state index is -0.411. The second kappa shape index (κ2) is 10.4. The molecule has 33 heavy (non-hydrogen) atoms. The van der Waals surface area contributed by atoms with Gasteiger partial charge in [0.2, 0.25) is 11.8 Å². The Morgan fingerprint density at radius 1 is 1.00 bits per heavy atom. The Kier molecular flexibility index (Phi) is 7.12. The molecule has 1 fully saturated rings. The van der Waals surface area contributed by atoms with E-state index in [9.17, 15) is 14.4 Å². The van der Waals surface area contributed by atoms with Crippen molar-refractivity contribution in [3.63, 3.8) is 0 Å². The van der Waals surface area contributed by atoms with Crippen molar-refractivity contribution in [2.24, 2.45) is 0 Å². The lowest BCUT2D eigenvalue weighted by Gasteiger charge is -2.36. The number of ether oxygens (including phenoxy) is 1. The Hall–Kier alpha value is -3.55. The van der Waals surface area contributed by atoms with Crippen LogP contribution in [0.1, 0.15) is 39.0 Å². The second-order valence-electron chi connectivity index (χ2n) is 8.34. The summed E-state index contributed by atoms with van der Waals surface area (Å²) < 4.78 is 5.43. The summed E-state index contributed by atoms with van der Waals surface area (Å²) in [7, 11) is 0. The second-order valence-corrected chi connectivity index (χ2v) is 8.34. The summed E-state index contributed by atoms with van der Waals surface area (Å²) in [5, 5.41) is 5.90. The van der Waals surface area contributed by atoms with Crippen molar-refractivity contribution in [3.05, 3.63) is 48.5 Å². The van der Waals surface area contributed by atoms with Gasteiger partial charge >= 0.3 is 6.03 Å². The number of benzene rings is 2. The molecule has 2 aromatic rings. The number of amides is 4. The van der Waals surface area contributed by atoms with E-state index < -0.39 is 6.03 Å². The molecule has 1 aliphatic heterocycles. The first-order chi connectivity index (χ1) is 16.0. The summed E-state index contributed by atoms with van der Waals surface area (Å²) in [5.41, 5.74) is 1.74. The van der Waals surface area contributed by atoms with Crippen LogP contribution >= 0.6 is 0 Å². The average molecular weight is 451 g/mol. The van der Waals surface area contributed by atoms with Gasteiger partial charge in [-0.3, -0.25) is 19.4 Å². The van der Waals surface area contributed by atoms with E-state index in [0.717, 1.165) is 31.4 Å². The molecule has 8 nitrogen and oxygen atoms in total. The third kappa shape index (κ3) is 5.45. The molecule has 0 aromatic heterocycles. The summed E-state index contributed by atoms with van der Waals surface area (Å²) in [6.07, 6.45) is 5.41. The Balaban J connectivity index is 1.46. The van der Waals surface area contributed by atoms with Gasteiger partial charge in [0, 0.05) is 11.7 Å². The van der Waals surface area contributed by atoms with Gasteiger partial charge in [-0.15, -0.1) is 0 Å². The Labute approximate surface area is 193 Å². The van der Waals surface area contributed by atoms with Crippen LogP contribution in [0.3, 0.4) is 0 Å². The summed E-state index contributed by atoms with van der Waals surface area (Å²) in [6, 6.07) is 14.0. The van der Waals surface area contributed by atoms with E-state index in [2.05, 4.69) is 10.6 Å². The first kappa shape index (κ1) is 22.6. The van der Waals surface area contributed by atoms with Crippen molar-refractivity contribution in [3.8, 4) is 5.75 Å². The van der Waals surface area contributed by atoms with Crippen molar-refractivity contribution >= 4 is 34.9 Å². The van der Waals surface area contributed by atoms with Gasteiger partial charge in [0.15, 0.2) is 0 Å². The van der Waals surface area contributed by atoms with Gasteiger partial charge in [-0.2, -0.15) is 0 Å². The number of anilines is 3. The monoisotopic (exact) mass is 450 g/mol. The maximum absolute atomic E-state index is 13.0. The van der Waals surface area contributed by atoms with Crippen molar-refractivity contribution in [2.75, 3.05) is 34.8 Å². The molecule has 2 N–H and O–H groups in total. The highest BCUT2D eigenvalue weighted by Gasteiger charge is 2.33. The Bertz CT molecular complexity index is 1000. The van der Waals surface area contributed by atoms with Crippen molar-refractivity contribution in [1.82, 2.24) is 5.32 Å². The lowest BCUT2D eigenvalue weighted by Crippen LogP contribution is -2.52. The van der Waals surface area contributed by atoms with E-state index in [1.807, 2.05) is 13.0 Å². The van der Waals surface area contributed by atoms with Gasteiger partial charge in [-0.1, -0.05) is 31.4 Å². The fourth-order valence-corrected chi connectivity index (χ4v) is 4.37. The van der Waals surface area contributed by atoms with Crippen molar-refractivity contribution in [1.29, 1.82) is 0 Å². The van der Waals surface area contributed by atoms with E-state index in [0.29, 0.717) is 23.7 Å². The van der Waals surface area contributed by atoms with Gasteiger partial charge in [-0.05, 0) is 56.2 Å². The van der Waals surface area contributed by atoms with Crippen LogP contribution in [0.2, 0.25) is 0 Å². The van der Waals surface area contributed by atoms with Crippen LogP contribution in [0.25, 0.3) is 0 Å². The lowest BCUT2D eigenvalue weighted by atomic mass is 9.95. The largest absolute Gasteiger partial charge is 0.494 e. The lowest BCUT2D eigenvalue weighted by molar-refractivity contribution is -0.124. The summed E-state index contributed by atoms with van der Waals surface area (Å²) >= 11 is 0. The molecular weight excluding hydrogens is 420 g/mol. The minimum Gasteiger partial charge on any atom is -0.494 e. The summed E-state index contributed by atoms with van der Waals surface area (Å²) in [5.74, 6) is 0.253. The van der Waals surface area contributed by atoms with Gasteiger partial charge in [0.1, 0.15) is 18.8 Å². The maximum Gasteiger partial charge on any atom is 0.326 e. The molecule has 0 atom stereocenters. The van der Waals surface area contributed by atoms with E-state index in [4.69, 9.17) is 4.74 Å². The van der Waals surface area contributed by atoms with E-state index in [-0.39, 0.29) is 30.9 Å². The van der Waals surface area contributed by atoms with Crippen molar-refractivity contribution in [2.45, 2.75) is 45.1 Å². The highest BCUT2D eigenvalue weighted by Crippen LogP contribution is 2.33. The summed E-state index contributed by atoms with van der Waals surface area (Å²) in [4.78, 5) is 41.5. The highest BCUT2D eigenvalue weighted by atomic mass is 16.5. The normalized spacial score (nSPS) is 16.2. The number of urea groups is 1. The van der Waals surface area contributed by atoms with Crippen LogP contribution in [0.5, 0.6) is 5.75 Å². The van der Waals surface area contributed by atoms with Crippen LogP contribution in [0, 0.1) is 0 Å². The molecule has 174 valence electrons. The molecule has 0 bridgehead atoms. The maximum atomic E-state index is 13.0. The van der Waals surface area contributed by atoms with Gasteiger partial charge in [-0.25, -0.2) is 4.79 Å². The summed E-state index contributed by atoms with van der Waals surface area (Å²) in [6.45, 7) is 2.27. The number of hydrogen-bond donors (Lipinski definition) is 2. The molecule has 2 aromatic carbocycles. The molecule has 0 radical (unpaired) electrons. The predicted molar refractivity (Wildman–Crippen MR) is 128 cm³/mol. The fraction of sp³-hybridized carbons (Fsp3) is 0.400.